The van der Waals surface area contributed by atoms with Crippen LogP contribution in [-0.2, 0) is 0 Å². The average Bonchev–Trinajstić information content (AvgIpc) is 2.68. The number of hydrogen-bond acceptors (Lipinski definition) is 2. The third-order valence-corrected chi connectivity index (χ3v) is 2.95. The lowest BCUT2D eigenvalue weighted by molar-refractivity contribution is 0.266. The van der Waals surface area contributed by atoms with Crippen LogP contribution in [0.15, 0.2) is 54.6 Å². The molecule has 3 rings (SSSR count). The van der Waals surface area contributed by atoms with Crippen molar-refractivity contribution in [2.24, 2.45) is 0 Å². The zero-order valence-corrected chi connectivity index (χ0v) is 9.30. The molecule has 0 spiro atoms. The summed E-state index contributed by atoms with van der Waals surface area (Å²) < 4.78 is 0. The van der Waals surface area contributed by atoms with Crippen LogP contribution >= 0.6 is 0 Å². The van der Waals surface area contributed by atoms with Crippen LogP contribution in [0.5, 0.6) is 0 Å². The Bertz CT molecular complexity index is 560. The van der Waals surface area contributed by atoms with Crippen LogP contribution in [0.1, 0.15) is 11.1 Å². The highest BCUT2D eigenvalue weighted by Gasteiger charge is 2.23. The van der Waals surface area contributed by atoms with Crippen molar-refractivity contribution in [3.05, 3.63) is 65.7 Å². The molecule has 0 fully saturated rings. The van der Waals surface area contributed by atoms with E-state index in [4.69, 9.17) is 0 Å². The Morgan fingerprint density at radius 2 is 1.65 bits per heavy atom. The van der Waals surface area contributed by atoms with E-state index in [0.29, 0.717) is 0 Å². The van der Waals surface area contributed by atoms with Gasteiger partial charge in [0.05, 0.1) is 0 Å². The molecular weight excluding hydrogens is 210 g/mol. The number of benzene rings is 2. The maximum atomic E-state index is 9.99. The second kappa shape index (κ2) is 4.07. The summed E-state index contributed by atoms with van der Waals surface area (Å²) in [6, 6.07) is 18.0. The topological polar surface area (TPSA) is 32.3 Å². The van der Waals surface area contributed by atoms with E-state index in [1.54, 1.807) is 0 Å². The SMILES string of the molecule is OC1Nc2ccccc2C1=Cc1ccccc1. The first-order valence-electron chi connectivity index (χ1n) is 5.65. The Morgan fingerprint density at radius 1 is 0.941 bits per heavy atom. The van der Waals surface area contributed by atoms with Gasteiger partial charge in [-0.15, -0.1) is 0 Å². The highest BCUT2D eigenvalue weighted by atomic mass is 16.3. The summed E-state index contributed by atoms with van der Waals surface area (Å²) in [5.41, 5.74) is 4.08. The molecule has 84 valence electrons. The fourth-order valence-electron chi connectivity index (χ4n) is 2.12. The average molecular weight is 223 g/mol. The van der Waals surface area contributed by atoms with Crippen LogP contribution in [-0.4, -0.2) is 11.3 Å². The third-order valence-electron chi connectivity index (χ3n) is 2.95. The van der Waals surface area contributed by atoms with Crippen molar-refractivity contribution >= 4 is 17.3 Å². The van der Waals surface area contributed by atoms with Crippen LogP contribution in [0.25, 0.3) is 11.6 Å². The van der Waals surface area contributed by atoms with E-state index in [1.165, 1.54) is 0 Å². The Morgan fingerprint density at radius 3 is 2.47 bits per heavy atom. The number of fused-ring (bicyclic) bond motifs is 1. The van der Waals surface area contributed by atoms with E-state index in [0.717, 1.165) is 22.4 Å². The second-order valence-corrected chi connectivity index (χ2v) is 4.10. The van der Waals surface area contributed by atoms with Crippen molar-refractivity contribution in [2.45, 2.75) is 6.23 Å². The smallest absolute Gasteiger partial charge is 0.151 e. The van der Waals surface area contributed by atoms with Crippen molar-refractivity contribution in [1.29, 1.82) is 0 Å². The van der Waals surface area contributed by atoms with Gasteiger partial charge >= 0.3 is 0 Å². The molecule has 0 bridgehead atoms. The highest BCUT2D eigenvalue weighted by Crippen LogP contribution is 2.34. The Balaban J connectivity index is 2.07. The summed E-state index contributed by atoms with van der Waals surface area (Å²) in [5, 5.41) is 13.0. The van der Waals surface area contributed by atoms with Crippen molar-refractivity contribution < 1.29 is 5.11 Å². The molecule has 2 nitrogen and oxygen atoms in total. The molecule has 0 amide bonds. The van der Waals surface area contributed by atoms with Gasteiger partial charge in [0.1, 0.15) is 0 Å². The summed E-state index contributed by atoms with van der Waals surface area (Å²) in [6.07, 6.45) is 1.40. The molecule has 1 aliphatic heterocycles. The van der Waals surface area contributed by atoms with E-state index in [1.807, 2.05) is 60.7 Å². The maximum Gasteiger partial charge on any atom is 0.151 e. The molecule has 1 heterocycles. The summed E-state index contributed by atoms with van der Waals surface area (Å²) in [7, 11) is 0. The predicted octanol–water partition coefficient (Wildman–Crippen LogP) is 2.97. The van der Waals surface area contributed by atoms with Gasteiger partial charge in [-0.1, -0.05) is 48.5 Å². The minimum atomic E-state index is -0.618. The molecule has 0 saturated heterocycles. The molecule has 0 radical (unpaired) electrons. The van der Waals surface area contributed by atoms with Gasteiger partial charge in [0.15, 0.2) is 6.23 Å². The normalized spacial score (nSPS) is 20.1. The van der Waals surface area contributed by atoms with Gasteiger partial charge in [-0.25, -0.2) is 0 Å². The summed E-state index contributed by atoms with van der Waals surface area (Å²) in [5.74, 6) is 0. The zero-order chi connectivity index (χ0) is 11.7. The van der Waals surface area contributed by atoms with Gasteiger partial charge < -0.3 is 10.4 Å². The maximum absolute atomic E-state index is 9.99. The molecule has 1 aliphatic rings. The second-order valence-electron chi connectivity index (χ2n) is 4.10. The van der Waals surface area contributed by atoms with E-state index >= 15 is 0 Å². The number of hydrogen-bond donors (Lipinski definition) is 2. The molecule has 0 saturated carbocycles. The molecule has 1 unspecified atom stereocenters. The van der Waals surface area contributed by atoms with Gasteiger partial charge in [-0.05, 0) is 17.7 Å². The molecule has 2 aromatic carbocycles. The lowest BCUT2D eigenvalue weighted by atomic mass is 10.0. The van der Waals surface area contributed by atoms with Gasteiger partial charge in [0.2, 0.25) is 0 Å². The molecule has 2 heteroatoms. The fourth-order valence-corrected chi connectivity index (χ4v) is 2.12. The third kappa shape index (κ3) is 1.83. The summed E-state index contributed by atoms with van der Waals surface area (Å²) >= 11 is 0. The van der Waals surface area contributed by atoms with Crippen LogP contribution in [0, 0.1) is 0 Å². The van der Waals surface area contributed by atoms with E-state index in [9.17, 15) is 5.11 Å². The van der Waals surface area contributed by atoms with Gasteiger partial charge in [0.25, 0.3) is 0 Å². The molecular formula is C15H13NO. The molecule has 0 aliphatic carbocycles. The zero-order valence-electron chi connectivity index (χ0n) is 9.30. The highest BCUT2D eigenvalue weighted by molar-refractivity contribution is 5.93. The quantitative estimate of drug-likeness (QED) is 0.779. The number of aliphatic hydroxyl groups excluding tert-OH is 1. The summed E-state index contributed by atoms with van der Waals surface area (Å²) in [4.78, 5) is 0. The van der Waals surface area contributed by atoms with E-state index in [2.05, 4.69) is 5.32 Å². The van der Waals surface area contributed by atoms with Crippen molar-refractivity contribution in [2.75, 3.05) is 5.32 Å². The van der Waals surface area contributed by atoms with Crippen molar-refractivity contribution in [3.8, 4) is 0 Å². The largest absolute Gasteiger partial charge is 0.369 e. The van der Waals surface area contributed by atoms with Gasteiger partial charge in [-0.2, -0.15) is 0 Å². The molecule has 1 atom stereocenters. The minimum absolute atomic E-state index is 0.618. The minimum Gasteiger partial charge on any atom is -0.369 e. The first-order valence-corrected chi connectivity index (χ1v) is 5.65. The first kappa shape index (κ1) is 10.1. The van der Waals surface area contributed by atoms with Crippen molar-refractivity contribution in [3.63, 3.8) is 0 Å². The molecule has 2 N–H and O–H groups in total. The van der Waals surface area contributed by atoms with Gasteiger partial charge in [-0.3, -0.25) is 0 Å². The van der Waals surface area contributed by atoms with Crippen LogP contribution in [0.3, 0.4) is 0 Å². The number of aliphatic hydroxyl groups is 1. The van der Waals surface area contributed by atoms with Crippen LogP contribution < -0.4 is 5.32 Å². The first-order chi connectivity index (χ1) is 8.34. The molecule has 17 heavy (non-hydrogen) atoms. The molecule has 2 aromatic rings. The Hall–Kier alpha value is -2.06. The summed E-state index contributed by atoms with van der Waals surface area (Å²) in [6.45, 7) is 0. The Kier molecular flexibility index (Phi) is 2.42. The van der Waals surface area contributed by atoms with Crippen LogP contribution in [0.2, 0.25) is 0 Å². The number of rotatable bonds is 1. The standard InChI is InChI=1S/C15H13NO/c17-15-13(10-11-6-2-1-3-7-11)12-8-4-5-9-14(12)16-15/h1-10,15-17H. The van der Waals surface area contributed by atoms with Crippen molar-refractivity contribution in [1.82, 2.24) is 0 Å². The number of anilines is 1. The number of nitrogens with one attached hydrogen (secondary N) is 1. The fraction of sp³-hybridized carbons (Fsp3) is 0.0667. The van der Waals surface area contributed by atoms with E-state index < -0.39 is 6.23 Å². The van der Waals surface area contributed by atoms with Gasteiger partial charge in [0, 0.05) is 16.8 Å². The Labute approximate surface area is 100 Å². The van der Waals surface area contributed by atoms with E-state index in [-0.39, 0.29) is 0 Å². The predicted molar refractivity (Wildman–Crippen MR) is 70.4 cm³/mol. The monoisotopic (exact) mass is 223 g/mol. The number of para-hydroxylation sites is 1. The lowest BCUT2D eigenvalue weighted by Gasteiger charge is -2.05. The van der Waals surface area contributed by atoms with Crippen LogP contribution in [0.4, 0.5) is 5.69 Å². The molecule has 0 aromatic heterocycles. The lowest BCUT2D eigenvalue weighted by Crippen LogP contribution is -2.12.